The third-order valence-corrected chi connectivity index (χ3v) is 8.88. The van der Waals surface area contributed by atoms with E-state index in [9.17, 15) is 8.42 Å². The summed E-state index contributed by atoms with van der Waals surface area (Å²) in [5.41, 5.74) is 4.16. The van der Waals surface area contributed by atoms with Crippen LogP contribution in [0, 0.1) is 12.7 Å². The number of anilines is 1. The predicted octanol–water partition coefficient (Wildman–Crippen LogP) is 4.93. The molecule has 1 aliphatic rings. The minimum Gasteiger partial charge on any atom is -0.351 e. The van der Waals surface area contributed by atoms with Crippen molar-refractivity contribution in [2.75, 3.05) is 19.4 Å². The van der Waals surface area contributed by atoms with Crippen molar-refractivity contribution in [3.63, 3.8) is 0 Å². The molecule has 1 saturated carbocycles. The zero-order valence-corrected chi connectivity index (χ0v) is 23.2. The maximum Gasteiger partial charge on any atom is 0.223 e. The molecule has 4 aromatic rings. The largest absolute Gasteiger partial charge is 0.351 e. The first-order chi connectivity index (χ1) is 18.7. The summed E-state index contributed by atoms with van der Waals surface area (Å²) in [6, 6.07) is 10.7. The molecule has 8 nitrogen and oxygen atoms in total. The van der Waals surface area contributed by atoms with Gasteiger partial charge in [-0.05, 0) is 82.1 Å². The topological polar surface area (TPSA) is 101 Å². The molecule has 1 N–H and O–H groups in total. The molecular weight excluding hydrogens is 515 g/mol. The van der Waals surface area contributed by atoms with E-state index in [0.29, 0.717) is 40.4 Å². The second-order valence-electron chi connectivity index (χ2n) is 10.6. The summed E-state index contributed by atoms with van der Waals surface area (Å²) in [7, 11) is 0.712. The van der Waals surface area contributed by atoms with E-state index in [1.54, 1.807) is 24.4 Å². The number of sulfone groups is 1. The molecule has 0 unspecified atom stereocenters. The Kier molecular flexibility index (Phi) is 7.86. The van der Waals surface area contributed by atoms with Crippen molar-refractivity contribution in [3.05, 3.63) is 77.5 Å². The van der Waals surface area contributed by atoms with Crippen LogP contribution < -0.4 is 5.32 Å². The molecule has 1 aromatic carbocycles. The van der Waals surface area contributed by atoms with Crippen LogP contribution >= 0.6 is 0 Å². The maximum atomic E-state index is 15.0. The van der Waals surface area contributed by atoms with Gasteiger partial charge in [0.15, 0.2) is 9.84 Å². The second kappa shape index (κ2) is 11.3. The van der Waals surface area contributed by atoms with Crippen molar-refractivity contribution < 1.29 is 12.8 Å². The van der Waals surface area contributed by atoms with E-state index in [-0.39, 0.29) is 17.1 Å². The van der Waals surface area contributed by atoms with Crippen molar-refractivity contribution in [2.24, 2.45) is 0 Å². The van der Waals surface area contributed by atoms with Gasteiger partial charge in [0.05, 0.1) is 28.9 Å². The highest BCUT2D eigenvalue weighted by molar-refractivity contribution is 7.89. The molecule has 0 amide bonds. The summed E-state index contributed by atoms with van der Waals surface area (Å²) in [4.78, 5) is 20.1. The Labute approximate surface area is 228 Å². The van der Waals surface area contributed by atoms with Crippen LogP contribution in [-0.2, 0) is 21.3 Å². The van der Waals surface area contributed by atoms with Gasteiger partial charge >= 0.3 is 0 Å². The highest BCUT2D eigenvalue weighted by Crippen LogP contribution is 2.28. The van der Waals surface area contributed by atoms with E-state index < -0.39 is 15.7 Å². The zero-order chi connectivity index (χ0) is 27.6. The van der Waals surface area contributed by atoms with Gasteiger partial charge in [-0.15, -0.1) is 0 Å². The van der Waals surface area contributed by atoms with Gasteiger partial charge in [0, 0.05) is 35.6 Å². The number of pyridine rings is 2. The molecule has 1 aliphatic carbocycles. The van der Waals surface area contributed by atoms with Crippen LogP contribution in [0.15, 0.2) is 55.0 Å². The lowest BCUT2D eigenvalue weighted by molar-refractivity contribution is 0.221. The Morgan fingerprint density at radius 2 is 1.74 bits per heavy atom. The first kappa shape index (κ1) is 27.1. The molecule has 0 aliphatic heterocycles. The lowest BCUT2D eigenvalue weighted by Crippen LogP contribution is -2.36. The summed E-state index contributed by atoms with van der Waals surface area (Å²) in [5, 5.41) is 3.48. The number of halogens is 1. The number of nitrogens with one attached hydrogen (secondary N) is 1. The number of rotatable bonds is 8. The second-order valence-corrected chi connectivity index (χ2v) is 12.6. The maximum absolute atomic E-state index is 15.0. The van der Waals surface area contributed by atoms with Gasteiger partial charge < -0.3 is 10.2 Å². The summed E-state index contributed by atoms with van der Waals surface area (Å²) < 4.78 is 40.3. The molecule has 1 fully saturated rings. The Hall–Kier alpha value is -3.50. The quantitative estimate of drug-likeness (QED) is 0.331. The van der Waals surface area contributed by atoms with Gasteiger partial charge in [-0.25, -0.2) is 27.8 Å². The molecule has 204 valence electrons. The van der Waals surface area contributed by atoms with E-state index in [2.05, 4.69) is 39.3 Å². The lowest BCUT2D eigenvalue weighted by Gasteiger charge is -2.32. The smallest absolute Gasteiger partial charge is 0.223 e. The number of hydrogen-bond donors (Lipinski definition) is 1. The standard InChI is InChI=1S/C29H33FN6O2S/c1-19-14-26(21-4-5-22(25(30)15-21)18-39(37,38)17-20-10-12-31-13-11-20)34-27-16-32-29(35-28(19)27)33-23-6-8-24(9-7-23)36(2)3/h4-5,10-16,23-24H,6-9,17-18H2,1-3H3,(H,32,33,35). The first-order valence-electron chi connectivity index (χ1n) is 13.1. The van der Waals surface area contributed by atoms with Gasteiger partial charge in [-0.3, -0.25) is 4.98 Å². The molecule has 0 atom stereocenters. The van der Waals surface area contributed by atoms with Crippen molar-refractivity contribution >= 4 is 26.8 Å². The predicted molar refractivity (Wildman–Crippen MR) is 151 cm³/mol. The molecule has 0 bridgehead atoms. The molecule has 5 rings (SSSR count). The molecule has 3 aromatic heterocycles. The summed E-state index contributed by atoms with van der Waals surface area (Å²) in [6.07, 6.45) is 9.22. The summed E-state index contributed by atoms with van der Waals surface area (Å²) >= 11 is 0. The highest BCUT2D eigenvalue weighted by Gasteiger charge is 2.23. The number of aryl methyl sites for hydroxylation is 1. The average molecular weight is 549 g/mol. The van der Waals surface area contributed by atoms with Crippen LogP contribution in [0.5, 0.6) is 0 Å². The van der Waals surface area contributed by atoms with Crippen molar-refractivity contribution in [2.45, 2.75) is 56.2 Å². The number of hydrogen-bond acceptors (Lipinski definition) is 8. The van der Waals surface area contributed by atoms with Gasteiger partial charge in [0.25, 0.3) is 0 Å². The first-order valence-corrected chi connectivity index (χ1v) is 14.9. The van der Waals surface area contributed by atoms with E-state index >= 15 is 4.39 Å². The van der Waals surface area contributed by atoms with Crippen LogP contribution in [-0.4, -0.2) is 59.4 Å². The Morgan fingerprint density at radius 3 is 2.44 bits per heavy atom. The molecule has 0 spiro atoms. The van der Waals surface area contributed by atoms with Crippen LogP contribution in [0.25, 0.3) is 22.3 Å². The Morgan fingerprint density at radius 1 is 1.00 bits per heavy atom. The number of aromatic nitrogens is 4. The van der Waals surface area contributed by atoms with E-state index in [0.717, 1.165) is 36.8 Å². The van der Waals surface area contributed by atoms with Crippen LogP contribution in [0.4, 0.5) is 10.3 Å². The highest BCUT2D eigenvalue weighted by atomic mass is 32.2. The van der Waals surface area contributed by atoms with Crippen molar-refractivity contribution in [1.82, 2.24) is 24.8 Å². The fraction of sp³-hybridized carbons (Fsp3) is 0.379. The van der Waals surface area contributed by atoms with E-state index in [1.165, 1.54) is 24.5 Å². The van der Waals surface area contributed by atoms with E-state index in [1.807, 2.05) is 13.0 Å². The van der Waals surface area contributed by atoms with Crippen LogP contribution in [0.1, 0.15) is 42.4 Å². The summed E-state index contributed by atoms with van der Waals surface area (Å²) in [6.45, 7) is 1.95. The van der Waals surface area contributed by atoms with E-state index in [4.69, 9.17) is 4.98 Å². The van der Waals surface area contributed by atoms with Crippen molar-refractivity contribution in [3.8, 4) is 11.3 Å². The molecule has 0 saturated heterocycles. The number of fused-ring (bicyclic) bond motifs is 1. The fourth-order valence-electron chi connectivity index (χ4n) is 5.16. The van der Waals surface area contributed by atoms with Gasteiger partial charge in [-0.1, -0.05) is 12.1 Å². The summed E-state index contributed by atoms with van der Waals surface area (Å²) in [5.74, 6) is -0.538. The normalized spacial score (nSPS) is 18.0. The monoisotopic (exact) mass is 548 g/mol. The Bertz CT molecular complexity index is 1570. The lowest BCUT2D eigenvalue weighted by atomic mass is 9.91. The zero-order valence-electron chi connectivity index (χ0n) is 22.4. The minimum absolute atomic E-state index is 0.129. The number of nitrogens with zero attached hydrogens (tertiary/aromatic N) is 5. The van der Waals surface area contributed by atoms with Gasteiger partial charge in [-0.2, -0.15) is 0 Å². The molecule has 39 heavy (non-hydrogen) atoms. The Balaban J connectivity index is 1.31. The van der Waals surface area contributed by atoms with Crippen LogP contribution in [0.3, 0.4) is 0 Å². The van der Waals surface area contributed by atoms with Gasteiger partial charge in [0.1, 0.15) is 11.3 Å². The molecule has 10 heteroatoms. The third-order valence-electron chi connectivity index (χ3n) is 7.36. The molecule has 3 heterocycles. The minimum atomic E-state index is -3.55. The van der Waals surface area contributed by atoms with Gasteiger partial charge in [0.2, 0.25) is 5.95 Å². The third kappa shape index (κ3) is 6.57. The molecule has 0 radical (unpaired) electrons. The SMILES string of the molecule is Cc1cc(-c2ccc(CS(=O)(=O)Cc3ccncc3)c(F)c2)nc2cnc(NC3CCC(N(C)C)CC3)nc12. The fourth-order valence-corrected chi connectivity index (χ4v) is 6.67. The number of benzene rings is 1. The average Bonchev–Trinajstić information content (AvgIpc) is 2.90. The van der Waals surface area contributed by atoms with Crippen molar-refractivity contribution in [1.29, 1.82) is 0 Å². The molecular formula is C29H33FN6O2S. The van der Waals surface area contributed by atoms with Crippen LogP contribution in [0.2, 0.25) is 0 Å².